The molecule has 3 rings (SSSR count). The number of carbonyl (C=O) groups excluding carboxylic acids is 1. The number of carbonyl (C=O) groups is 1. The quantitative estimate of drug-likeness (QED) is 0.513. The molecule has 0 aliphatic rings. The van der Waals surface area contributed by atoms with Crippen molar-refractivity contribution in [2.75, 3.05) is 10.6 Å². The van der Waals surface area contributed by atoms with Gasteiger partial charge in [0.25, 0.3) is 12.3 Å². The molecule has 1 amide bonds. The highest BCUT2D eigenvalue weighted by Gasteiger charge is 2.21. The second-order valence-electron chi connectivity index (χ2n) is 4.87. The van der Waals surface area contributed by atoms with E-state index in [9.17, 15) is 13.6 Å². The van der Waals surface area contributed by atoms with Crippen LogP contribution in [0.5, 0.6) is 0 Å². The smallest absolute Gasteiger partial charge is 0.267 e. The van der Waals surface area contributed by atoms with E-state index in [0.29, 0.717) is 16.8 Å². The summed E-state index contributed by atoms with van der Waals surface area (Å²) in [6.45, 7) is 1.68. The van der Waals surface area contributed by atoms with Gasteiger partial charge in [0, 0.05) is 11.4 Å². The van der Waals surface area contributed by atoms with Crippen molar-refractivity contribution in [3.05, 3.63) is 43.4 Å². The molecule has 0 atom stereocenters. The summed E-state index contributed by atoms with van der Waals surface area (Å²) in [4.78, 5) is 24.7. The minimum atomic E-state index is -2.74. The highest BCUT2D eigenvalue weighted by Crippen LogP contribution is 2.39. The lowest BCUT2D eigenvalue weighted by molar-refractivity contribution is 0.102. The van der Waals surface area contributed by atoms with Crippen molar-refractivity contribution in [2.24, 2.45) is 0 Å². The van der Waals surface area contributed by atoms with Crippen LogP contribution in [0.25, 0.3) is 0 Å². The van der Waals surface area contributed by atoms with Crippen LogP contribution in [0, 0.1) is 6.92 Å². The van der Waals surface area contributed by atoms with E-state index < -0.39 is 12.3 Å². The molecule has 0 aromatic carbocycles. The Morgan fingerprint density at radius 3 is 2.77 bits per heavy atom. The number of anilines is 3. The number of hydrogen-bond acceptors (Lipinski definition) is 7. The second-order valence-corrected chi connectivity index (χ2v) is 7.77. The van der Waals surface area contributed by atoms with Crippen LogP contribution in [-0.4, -0.2) is 20.9 Å². The van der Waals surface area contributed by atoms with Crippen LogP contribution in [0.2, 0.25) is 9.49 Å². The summed E-state index contributed by atoms with van der Waals surface area (Å²) < 4.78 is 26.0. The Balaban J connectivity index is 1.75. The average molecular weight is 436 g/mol. The van der Waals surface area contributed by atoms with Crippen molar-refractivity contribution in [1.82, 2.24) is 15.0 Å². The van der Waals surface area contributed by atoms with Crippen molar-refractivity contribution < 1.29 is 13.6 Å². The van der Waals surface area contributed by atoms with Crippen LogP contribution in [0.15, 0.2) is 17.6 Å². The normalized spacial score (nSPS) is 11.0. The summed E-state index contributed by atoms with van der Waals surface area (Å²) in [6, 6.07) is 1.51. The Morgan fingerprint density at radius 1 is 1.31 bits per heavy atom. The molecule has 0 saturated heterocycles. The molecular weight excluding hydrogens is 427 g/mol. The lowest BCUT2D eigenvalue weighted by Gasteiger charge is -2.05. The molecule has 2 N–H and O–H groups in total. The van der Waals surface area contributed by atoms with E-state index in [0.717, 1.165) is 22.7 Å². The van der Waals surface area contributed by atoms with E-state index in [4.69, 9.17) is 23.2 Å². The van der Waals surface area contributed by atoms with Gasteiger partial charge in [-0.3, -0.25) is 4.79 Å². The Hall–Kier alpha value is -1.88. The Labute approximate surface area is 164 Å². The van der Waals surface area contributed by atoms with Gasteiger partial charge in [-0.05, 0) is 6.92 Å². The molecule has 136 valence electrons. The molecule has 0 spiro atoms. The van der Waals surface area contributed by atoms with Gasteiger partial charge in [0.1, 0.15) is 26.0 Å². The van der Waals surface area contributed by atoms with Crippen LogP contribution < -0.4 is 10.6 Å². The molecule has 12 heteroatoms. The summed E-state index contributed by atoms with van der Waals surface area (Å²) >= 11 is 13.7. The maximum absolute atomic E-state index is 13.0. The summed E-state index contributed by atoms with van der Waals surface area (Å²) in [5.74, 6) is 0.306. The fraction of sp³-hybridized carbons (Fsp3) is 0.143. The van der Waals surface area contributed by atoms with E-state index in [1.165, 1.54) is 17.6 Å². The third-order valence-electron chi connectivity index (χ3n) is 3.02. The van der Waals surface area contributed by atoms with Crippen LogP contribution in [0.4, 0.5) is 25.4 Å². The number of nitrogens with one attached hydrogen (secondary N) is 2. The monoisotopic (exact) mass is 435 g/mol. The zero-order valence-corrected chi connectivity index (χ0v) is 16.0. The molecular formula is C14H9Cl2F2N5OS2. The molecule has 3 aromatic rings. The van der Waals surface area contributed by atoms with E-state index >= 15 is 0 Å². The highest BCUT2D eigenvalue weighted by atomic mass is 35.5. The molecule has 0 unspecified atom stereocenters. The van der Waals surface area contributed by atoms with Gasteiger partial charge in [0.15, 0.2) is 5.13 Å². The van der Waals surface area contributed by atoms with Crippen molar-refractivity contribution in [3.8, 4) is 0 Å². The number of halogens is 4. The standard InChI is InChI=1S/C14H9Cl2F2N5OS2/c1-5-20-8(15)2-9(21-5)22-14-19-3-7(26-14)13(24)23-10-6(12(17)18)4-25-11(10)16/h2-4,12H,1H3,(H,23,24)(H,19,20,21,22). The first-order chi connectivity index (χ1) is 12.3. The van der Waals surface area contributed by atoms with E-state index in [1.54, 1.807) is 6.92 Å². The van der Waals surface area contributed by atoms with Crippen molar-refractivity contribution in [2.45, 2.75) is 13.3 Å². The fourth-order valence-electron chi connectivity index (χ4n) is 1.95. The van der Waals surface area contributed by atoms with Crippen LogP contribution in [0.3, 0.4) is 0 Å². The van der Waals surface area contributed by atoms with E-state index in [-0.39, 0.29) is 25.6 Å². The van der Waals surface area contributed by atoms with Gasteiger partial charge in [-0.15, -0.1) is 11.3 Å². The number of nitrogens with zero attached hydrogens (tertiary/aromatic N) is 3. The molecule has 6 nitrogen and oxygen atoms in total. The molecule has 0 aliphatic carbocycles. The fourth-order valence-corrected chi connectivity index (χ4v) is 3.92. The lowest BCUT2D eigenvalue weighted by atomic mass is 10.3. The summed E-state index contributed by atoms with van der Waals surface area (Å²) in [5.41, 5.74) is -0.403. The van der Waals surface area contributed by atoms with Gasteiger partial charge in [-0.2, -0.15) is 0 Å². The van der Waals surface area contributed by atoms with Crippen LogP contribution >= 0.6 is 45.9 Å². The third-order valence-corrected chi connectivity index (χ3v) is 5.36. The van der Waals surface area contributed by atoms with E-state index in [2.05, 4.69) is 25.6 Å². The highest BCUT2D eigenvalue weighted by molar-refractivity contribution is 7.17. The molecule has 3 aromatic heterocycles. The lowest BCUT2D eigenvalue weighted by Crippen LogP contribution is -2.11. The molecule has 3 heterocycles. The number of amides is 1. The summed E-state index contributed by atoms with van der Waals surface area (Å²) in [7, 11) is 0. The van der Waals surface area contributed by atoms with E-state index in [1.807, 2.05) is 0 Å². The first-order valence-electron chi connectivity index (χ1n) is 6.94. The van der Waals surface area contributed by atoms with Gasteiger partial charge in [0.05, 0.1) is 17.4 Å². The van der Waals surface area contributed by atoms with Gasteiger partial charge in [-0.1, -0.05) is 34.5 Å². The maximum atomic E-state index is 13.0. The summed E-state index contributed by atoms with van der Waals surface area (Å²) in [6.07, 6.45) is -1.42. The van der Waals surface area contributed by atoms with Gasteiger partial charge in [0.2, 0.25) is 0 Å². The Bertz CT molecular complexity index is 942. The molecule has 0 saturated carbocycles. The number of thiazole rings is 1. The average Bonchev–Trinajstić information content (AvgIpc) is 3.14. The molecule has 0 radical (unpaired) electrons. The number of hydrogen-bond donors (Lipinski definition) is 2. The third kappa shape index (κ3) is 4.26. The van der Waals surface area contributed by atoms with Crippen LogP contribution in [-0.2, 0) is 0 Å². The second kappa shape index (κ2) is 7.78. The Morgan fingerprint density at radius 2 is 2.08 bits per heavy atom. The molecule has 0 aliphatic heterocycles. The number of aromatic nitrogens is 3. The maximum Gasteiger partial charge on any atom is 0.267 e. The molecule has 26 heavy (non-hydrogen) atoms. The van der Waals surface area contributed by atoms with Gasteiger partial charge >= 0.3 is 0 Å². The number of aryl methyl sites for hydroxylation is 1. The molecule has 0 fully saturated rings. The van der Waals surface area contributed by atoms with Crippen molar-refractivity contribution >= 4 is 68.4 Å². The summed E-state index contributed by atoms with van der Waals surface area (Å²) in [5, 5.41) is 7.18. The SMILES string of the molecule is Cc1nc(Cl)cc(Nc2ncc(C(=O)Nc3c(C(F)F)csc3Cl)s2)n1. The Kier molecular flexibility index (Phi) is 5.66. The first-order valence-corrected chi connectivity index (χ1v) is 9.39. The van der Waals surface area contributed by atoms with Crippen molar-refractivity contribution in [3.63, 3.8) is 0 Å². The number of thiophene rings is 1. The van der Waals surface area contributed by atoms with Crippen molar-refractivity contribution in [1.29, 1.82) is 0 Å². The first kappa shape index (κ1) is 18.9. The minimum Gasteiger partial charge on any atom is -0.319 e. The van der Waals surface area contributed by atoms with Crippen LogP contribution in [0.1, 0.15) is 27.5 Å². The zero-order chi connectivity index (χ0) is 18.8. The topological polar surface area (TPSA) is 79.8 Å². The largest absolute Gasteiger partial charge is 0.319 e. The molecule has 0 bridgehead atoms. The van der Waals surface area contributed by atoms with Gasteiger partial charge < -0.3 is 10.6 Å². The zero-order valence-electron chi connectivity index (χ0n) is 12.9. The predicted octanol–water partition coefficient (Wildman–Crippen LogP) is 5.54. The predicted molar refractivity (Wildman–Crippen MR) is 99.4 cm³/mol. The number of rotatable bonds is 5. The van der Waals surface area contributed by atoms with Gasteiger partial charge in [-0.25, -0.2) is 23.7 Å². The minimum absolute atomic E-state index is 0.0854. The number of alkyl halides is 2.